The third-order valence-electron chi connectivity index (χ3n) is 4.27. The molecule has 0 unspecified atom stereocenters. The molecule has 90 valence electrons. The molecule has 2 aliphatic carbocycles. The maximum Gasteiger partial charge on any atom is 0.330 e. The summed E-state index contributed by atoms with van der Waals surface area (Å²) in [7, 11) is 0. The Morgan fingerprint density at radius 1 is 1.12 bits per heavy atom. The molecule has 0 aromatic carbocycles. The van der Waals surface area contributed by atoms with Crippen LogP contribution in [0.1, 0.15) is 57.8 Å². The van der Waals surface area contributed by atoms with Gasteiger partial charge in [0.25, 0.3) is 0 Å². The zero-order valence-electron chi connectivity index (χ0n) is 10.0. The molecule has 0 atom stereocenters. The molecule has 2 rings (SSSR count). The molecule has 2 fully saturated rings. The summed E-state index contributed by atoms with van der Waals surface area (Å²) in [6, 6.07) is 0. The summed E-state index contributed by atoms with van der Waals surface area (Å²) in [5.41, 5.74) is -0.139. The van der Waals surface area contributed by atoms with Crippen molar-refractivity contribution in [1.82, 2.24) is 0 Å². The van der Waals surface area contributed by atoms with Crippen LogP contribution in [0.2, 0.25) is 0 Å². The summed E-state index contributed by atoms with van der Waals surface area (Å²) in [5, 5.41) is 0. The largest absolute Gasteiger partial charge is 0.456 e. The van der Waals surface area contributed by atoms with Gasteiger partial charge in [-0.25, -0.2) is 4.79 Å². The van der Waals surface area contributed by atoms with Gasteiger partial charge in [0.2, 0.25) is 0 Å². The lowest BCUT2D eigenvalue weighted by Crippen LogP contribution is -2.43. The number of carbonyl (C=O) groups is 1. The number of hydrogen-bond acceptors (Lipinski definition) is 2. The minimum atomic E-state index is -0.228. The number of ether oxygens (including phenoxy) is 1. The van der Waals surface area contributed by atoms with Gasteiger partial charge in [0.15, 0.2) is 0 Å². The Balaban J connectivity index is 2.09. The molecule has 0 aliphatic heterocycles. The van der Waals surface area contributed by atoms with Crippen LogP contribution in [0.3, 0.4) is 0 Å². The van der Waals surface area contributed by atoms with Crippen molar-refractivity contribution in [2.45, 2.75) is 63.4 Å². The van der Waals surface area contributed by atoms with Crippen molar-refractivity contribution in [2.75, 3.05) is 0 Å². The van der Waals surface area contributed by atoms with Crippen LogP contribution < -0.4 is 0 Å². The number of rotatable bonds is 3. The number of esters is 1. The van der Waals surface area contributed by atoms with Crippen LogP contribution in [0.5, 0.6) is 0 Å². The molecule has 0 saturated heterocycles. The summed E-state index contributed by atoms with van der Waals surface area (Å²) in [6.07, 6.45) is 12.2. The third kappa shape index (κ3) is 2.31. The highest BCUT2D eigenvalue weighted by Crippen LogP contribution is 2.45. The average Bonchev–Trinajstić information content (AvgIpc) is 2.84. The van der Waals surface area contributed by atoms with Crippen molar-refractivity contribution in [2.24, 2.45) is 5.92 Å². The molecule has 0 aromatic rings. The molecule has 0 heterocycles. The zero-order valence-corrected chi connectivity index (χ0v) is 10.0. The Bertz CT molecular complexity index is 258. The minimum absolute atomic E-state index is 0.139. The first-order chi connectivity index (χ1) is 7.77. The molecule has 2 heteroatoms. The van der Waals surface area contributed by atoms with Crippen molar-refractivity contribution in [3.63, 3.8) is 0 Å². The van der Waals surface area contributed by atoms with Gasteiger partial charge in [-0.1, -0.05) is 25.8 Å². The molecule has 0 bridgehead atoms. The summed E-state index contributed by atoms with van der Waals surface area (Å²) >= 11 is 0. The summed E-state index contributed by atoms with van der Waals surface area (Å²) in [5.74, 6) is 0.380. The van der Waals surface area contributed by atoms with E-state index < -0.39 is 0 Å². The lowest BCUT2D eigenvalue weighted by molar-refractivity contribution is -0.165. The molecule has 2 nitrogen and oxygen atoms in total. The van der Waals surface area contributed by atoms with E-state index in [-0.39, 0.29) is 11.6 Å². The smallest absolute Gasteiger partial charge is 0.330 e. The van der Waals surface area contributed by atoms with Crippen LogP contribution >= 0.6 is 0 Å². The predicted molar refractivity (Wildman–Crippen MR) is 64.1 cm³/mol. The van der Waals surface area contributed by atoms with E-state index in [0.29, 0.717) is 5.92 Å². The van der Waals surface area contributed by atoms with Gasteiger partial charge in [0, 0.05) is 6.08 Å². The SMILES string of the molecule is C=CC(=O)OC1(C2CCCC2)CCCCC1. The second-order valence-electron chi connectivity index (χ2n) is 5.23. The van der Waals surface area contributed by atoms with Crippen LogP contribution in [-0.2, 0) is 9.53 Å². The second kappa shape index (κ2) is 5.03. The van der Waals surface area contributed by atoms with Gasteiger partial charge in [-0.15, -0.1) is 0 Å². The maximum atomic E-state index is 11.5. The Kier molecular flexibility index (Phi) is 3.67. The Hall–Kier alpha value is -0.790. The quantitative estimate of drug-likeness (QED) is 0.538. The van der Waals surface area contributed by atoms with E-state index in [0.717, 1.165) is 12.8 Å². The van der Waals surface area contributed by atoms with Crippen molar-refractivity contribution >= 4 is 5.97 Å². The molecule has 0 spiro atoms. The lowest BCUT2D eigenvalue weighted by Gasteiger charge is -2.41. The summed E-state index contributed by atoms with van der Waals surface area (Å²) in [6.45, 7) is 3.51. The minimum Gasteiger partial charge on any atom is -0.456 e. The van der Waals surface area contributed by atoms with Gasteiger partial charge in [0.1, 0.15) is 5.60 Å². The van der Waals surface area contributed by atoms with Gasteiger partial charge in [-0.3, -0.25) is 0 Å². The summed E-state index contributed by atoms with van der Waals surface area (Å²) in [4.78, 5) is 11.5. The van der Waals surface area contributed by atoms with E-state index in [2.05, 4.69) is 6.58 Å². The van der Waals surface area contributed by atoms with Crippen LogP contribution in [0.25, 0.3) is 0 Å². The van der Waals surface area contributed by atoms with Gasteiger partial charge >= 0.3 is 5.97 Å². The average molecular weight is 222 g/mol. The van der Waals surface area contributed by atoms with E-state index >= 15 is 0 Å². The first kappa shape index (κ1) is 11.7. The molecule has 16 heavy (non-hydrogen) atoms. The Morgan fingerprint density at radius 3 is 2.31 bits per heavy atom. The summed E-state index contributed by atoms with van der Waals surface area (Å²) < 4.78 is 5.76. The number of hydrogen-bond donors (Lipinski definition) is 0. The topological polar surface area (TPSA) is 26.3 Å². The van der Waals surface area contributed by atoms with Gasteiger partial charge in [0.05, 0.1) is 0 Å². The van der Waals surface area contributed by atoms with Crippen molar-refractivity contribution in [3.05, 3.63) is 12.7 Å². The second-order valence-corrected chi connectivity index (χ2v) is 5.23. The normalized spacial score (nSPS) is 25.2. The zero-order chi connectivity index (χ0) is 11.4. The van der Waals surface area contributed by atoms with E-state index in [4.69, 9.17) is 4.74 Å². The van der Waals surface area contributed by atoms with Crippen LogP contribution in [0, 0.1) is 5.92 Å². The molecular formula is C14H22O2. The highest BCUT2D eigenvalue weighted by Gasteiger charge is 2.43. The first-order valence-corrected chi connectivity index (χ1v) is 6.62. The van der Waals surface area contributed by atoms with Gasteiger partial charge in [-0.2, -0.15) is 0 Å². The molecule has 2 saturated carbocycles. The van der Waals surface area contributed by atoms with Gasteiger partial charge < -0.3 is 4.74 Å². The molecule has 0 amide bonds. The van der Waals surface area contributed by atoms with Crippen molar-refractivity contribution < 1.29 is 9.53 Å². The predicted octanol–water partition coefficient (Wildman–Crippen LogP) is 3.61. The van der Waals surface area contributed by atoms with Crippen molar-refractivity contribution in [3.8, 4) is 0 Å². The molecule has 0 N–H and O–H groups in total. The van der Waals surface area contributed by atoms with Crippen LogP contribution in [0.15, 0.2) is 12.7 Å². The highest BCUT2D eigenvalue weighted by atomic mass is 16.6. The number of carbonyl (C=O) groups excluding carboxylic acids is 1. The van der Waals surface area contributed by atoms with Crippen LogP contribution in [-0.4, -0.2) is 11.6 Å². The Morgan fingerprint density at radius 2 is 1.75 bits per heavy atom. The fourth-order valence-electron chi connectivity index (χ4n) is 3.44. The Labute approximate surface area is 98.1 Å². The first-order valence-electron chi connectivity index (χ1n) is 6.62. The fourth-order valence-corrected chi connectivity index (χ4v) is 3.44. The van der Waals surface area contributed by atoms with E-state index in [1.54, 1.807) is 0 Å². The molecule has 0 aromatic heterocycles. The van der Waals surface area contributed by atoms with E-state index in [9.17, 15) is 4.79 Å². The van der Waals surface area contributed by atoms with E-state index in [1.165, 1.54) is 51.0 Å². The maximum absolute atomic E-state index is 11.5. The van der Waals surface area contributed by atoms with Crippen LogP contribution in [0.4, 0.5) is 0 Å². The van der Waals surface area contributed by atoms with E-state index in [1.807, 2.05) is 0 Å². The standard InChI is InChI=1S/C14H22O2/c1-2-13(15)16-14(10-6-3-7-11-14)12-8-4-5-9-12/h2,12H,1,3-11H2. The molecule has 0 radical (unpaired) electrons. The highest BCUT2D eigenvalue weighted by molar-refractivity contribution is 5.81. The fraction of sp³-hybridized carbons (Fsp3) is 0.786. The van der Waals surface area contributed by atoms with Crippen molar-refractivity contribution in [1.29, 1.82) is 0 Å². The lowest BCUT2D eigenvalue weighted by atomic mass is 9.74. The monoisotopic (exact) mass is 222 g/mol. The third-order valence-corrected chi connectivity index (χ3v) is 4.27. The molecular weight excluding hydrogens is 200 g/mol. The molecule has 2 aliphatic rings. The van der Waals surface area contributed by atoms with Gasteiger partial charge in [-0.05, 0) is 44.4 Å².